The van der Waals surface area contributed by atoms with Crippen molar-refractivity contribution in [1.82, 2.24) is 4.90 Å². The molecule has 8 heteroatoms. The Kier molecular flexibility index (Phi) is 8.72. The third kappa shape index (κ3) is 6.34. The molecule has 0 aromatic heterocycles. The van der Waals surface area contributed by atoms with E-state index in [0.717, 1.165) is 0 Å². The van der Waals surface area contributed by atoms with Gasteiger partial charge in [-0.25, -0.2) is 8.78 Å². The first kappa shape index (κ1) is 27.0. The Balaban J connectivity index is 2.16. The fourth-order valence-electron chi connectivity index (χ4n) is 4.04. The number of hydrogen-bond acceptors (Lipinski definition) is 3. The highest BCUT2D eigenvalue weighted by Crippen LogP contribution is 2.45. The normalized spacial score (nSPS) is 22.1. The summed E-state index contributed by atoms with van der Waals surface area (Å²) in [6, 6.07) is 7.65. The predicted molar refractivity (Wildman–Crippen MR) is 137 cm³/mol. The summed E-state index contributed by atoms with van der Waals surface area (Å²) >= 11 is 13.8. The van der Waals surface area contributed by atoms with E-state index in [9.17, 15) is 13.6 Å². The van der Waals surface area contributed by atoms with Crippen LogP contribution in [0.3, 0.4) is 0 Å². The molecule has 0 N–H and O–H groups in total. The maximum Gasteiger partial charge on any atom is 0.252 e. The number of carbonyl (C=O) groups is 1. The lowest BCUT2D eigenvalue weighted by molar-refractivity contribution is -0.177. The summed E-state index contributed by atoms with van der Waals surface area (Å²) in [5, 5.41) is 0.185. The third-order valence-electron chi connectivity index (χ3n) is 5.54. The second-order valence-corrected chi connectivity index (χ2v) is 12.1. The number of rotatable bonds is 7. The SMILES string of the molecule is C=CC[C@H]1O[C@H](c2cc(F)cc(Cl)c2)[C@@H](c2ccc(Cl)c(F)c2)N([C@@H](C)CSC(C)(C)C)C1=O. The first-order chi connectivity index (χ1) is 15.9. The minimum atomic E-state index is -0.806. The summed E-state index contributed by atoms with van der Waals surface area (Å²) in [7, 11) is 0. The summed E-state index contributed by atoms with van der Waals surface area (Å²) in [4.78, 5) is 15.4. The molecule has 0 saturated carbocycles. The average Bonchev–Trinajstić information content (AvgIpc) is 2.74. The molecule has 4 atom stereocenters. The number of hydrogen-bond donors (Lipinski definition) is 0. The number of benzene rings is 2. The number of thioether (sulfide) groups is 1. The minimum Gasteiger partial charge on any atom is -0.358 e. The Labute approximate surface area is 214 Å². The summed E-state index contributed by atoms with van der Waals surface area (Å²) in [5.74, 6) is -0.695. The van der Waals surface area contributed by atoms with Crippen molar-refractivity contribution in [3.05, 3.63) is 81.9 Å². The number of morpholine rings is 1. The summed E-state index contributed by atoms with van der Waals surface area (Å²) in [6.45, 7) is 12.0. The van der Waals surface area contributed by atoms with Crippen LogP contribution in [-0.2, 0) is 9.53 Å². The Morgan fingerprint density at radius 2 is 1.88 bits per heavy atom. The van der Waals surface area contributed by atoms with Crippen molar-refractivity contribution < 1.29 is 18.3 Å². The number of nitrogens with zero attached hydrogens (tertiary/aromatic N) is 1. The Bertz CT molecular complexity index is 1040. The molecule has 1 fully saturated rings. The summed E-state index contributed by atoms with van der Waals surface area (Å²) < 4.78 is 35.1. The molecule has 2 aromatic carbocycles. The van der Waals surface area contributed by atoms with Gasteiger partial charge in [0.2, 0.25) is 0 Å². The molecule has 1 saturated heterocycles. The molecule has 2 aromatic rings. The molecule has 3 nitrogen and oxygen atoms in total. The van der Waals surface area contributed by atoms with Crippen molar-refractivity contribution in [1.29, 1.82) is 0 Å². The standard InChI is InChI=1S/C26H29Cl2F2NO2S/c1-6-7-22-25(32)31(15(2)14-34-26(3,4)5)23(16-8-9-20(28)21(30)12-16)24(33-22)17-10-18(27)13-19(29)11-17/h6,8-13,15,22-24H,1,7,14H2,2-5H3/t15-,22+,23+,24+/m0/s1. The van der Waals surface area contributed by atoms with Crippen LogP contribution in [0.1, 0.15) is 57.4 Å². The monoisotopic (exact) mass is 527 g/mol. The van der Waals surface area contributed by atoms with Crippen LogP contribution < -0.4 is 0 Å². The van der Waals surface area contributed by atoms with Crippen molar-refractivity contribution >= 4 is 40.9 Å². The molecule has 184 valence electrons. The molecule has 1 aliphatic heterocycles. The van der Waals surface area contributed by atoms with Crippen LogP contribution in [0.25, 0.3) is 0 Å². The van der Waals surface area contributed by atoms with Crippen molar-refractivity contribution in [2.24, 2.45) is 0 Å². The van der Waals surface area contributed by atoms with Gasteiger partial charge in [0.05, 0.1) is 11.1 Å². The van der Waals surface area contributed by atoms with Gasteiger partial charge in [-0.2, -0.15) is 11.8 Å². The van der Waals surface area contributed by atoms with Crippen molar-refractivity contribution in [2.75, 3.05) is 5.75 Å². The predicted octanol–water partition coefficient (Wildman–Crippen LogP) is 7.78. The molecule has 0 bridgehead atoms. The van der Waals surface area contributed by atoms with Crippen LogP contribution in [0.4, 0.5) is 8.78 Å². The molecule has 0 spiro atoms. The lowest BCUT2D eigenvalue weighted by atomic mass is 9.90. The van der Waals surface area contributed by atoms with E-state index >= 15 is 0 Å². The molecular weight excluding hydrogens is 499 g/mol. The number of ether oxygens (including phenoxy) is 1. The van der Waals surface area contributed by atoms with Gasteiger partial charge in [0.25, 0.3) is 5.91 Å². The maximum atomic E-state index is 14.5. The maximum absolute atomic E-state index is 14.5. The number of amides is 1. The molecule has 34 heavy (non-hydrogen) atoms. The van der Waals surface area contributed by atoms with Gasteiger partial charge in [-0.05, 0) is 48.4 Å². The van der Waals surface area contributed by atoms with Crippen molar-refractivity contribution in [3.8, 4) is 0 Å². The van der Waals surface area contributed by atoms with Crippen LogP contribution in [0, 0.1) is 11.6 Å². The van der Waals surface area contributed by atoms with Crippen LogP contribution in [0.2, 0.25) is 10.0 Å². The van der Waals surface area contributed by atoms with E-state index in [1.807, 2.05) is 6.92 Å². The average molecular weight is 528 g/mol. The fraction of sp³-hybridized carbons (Fsp3) is 0.423. The van der Waals surface area contributed by atoms with E-state index in [4.69, 9.17) is 27.9 Å². The van der Waals surface area contributed by atoms with E-state index in [0.29, 0.717) is 16.9 Å². The van der Waals surface area contributed by atoms with E-state index in [1.165, 1.54) is 24.3 Å². The molecule has 0 radical (unpaired) electrons. The van der Waals surface area contributed by atoms with E-state index in [2.05, 4.69) is 27.4 Å². The smallest absolute Gasteiger partial charge is 0.252 e. The van der Waals surface area contributed by atoms with E-state index in [-0.39, 0.29) is 33.2 Å². The molecular formula is C26H29Cl2F2NO2S. The highest BCUT2D eigenvalue weighted by molar-refractivity contribution is 8.00. The Morgan fingerprint density at radius 3 is 2.47 bits per heavy atom. The minimum absolute atomic E-state index is 0.0124. The van der Waals surface area contributed by atoms with Crippen molar-refractivity contribution in [3.63, 3.8) is 0 Å². The van der Waals surface area contributed by atoms with Crippen LogP contribution in [-0.4, -0.2) is 33.5 Å². The van der Waals surface area contributed by atoms with Crippen molar-refractivity contribution in [2.45, 2.75) is 63.2 Å². The molecule has 3 rings (SSSR count). The third-order valence-corrected chi connectivity index (χ3v) is 7.58. The highest BCUT2D eigenvalue weighted by atomic mass is 35.5. The first-order valence-corrected chi connectivity index (χ1v) is 12.8. The Morgan fingerprint density at radius 1 is 1.18 bits per heavy atom. The topological polar surface area (TPSA) is 29.5 Å². The second kappa shape index (κ2) is 11.0. The fourth-order valence-corrected chi connectivity index (χ4v) is 5.29. The summed E-state index contributed by atoms with van der Waals surface area (Å²) in [5.41, 5.74) is 0.970. The van der Waals surface area contributed by atoms with Gasteiger partial charge in [0.15, 0.2) is 0 Å². The highest BCUT2D eigenvalue weighted by Gasteiger charge is 2.46. The molecule has 1 amide bonds. The van der Waals surface area contributed by atoms with Crippen LogP contribution in [0.15, 0.2) is 49.1 Å². The lowest BCUT2D eigenvalue weighted by Crippen LogP contribution is -2.54. The lowest BCUT2D eigenvalue weighted by Gasteiger charge is -2.47. The molecule has 1 heterocycles. The largest absolute Gasteiger partial charge is 0.358 e. The molecule has 1 aliphatic rings. The molecule has 0 unspecified atom stereocenters. The second-order valence-electron chi connectivity index (χ2n) is 9.41. The Hall–Kier alpha value is -1.60. The van der Waals surface area contributed by atoms with Crippen LogP contribution in [0.5, 0.6) is 0 Å². The quantitative estimate of drug-likeness (QED) is 0.344. The van der Waals surface area contributed by atoms with Gasteiger partial charge in [-0.3, -0.25) is 4.79 Å². The first-order valence-electron chi connectivity index (χ1n) is 11.0. The van der Waals surface area contributed by atoms with Gasteiger partial charge in [-0.1, -0.05) is 56.1 Å². The van der Waals surface area contributed by atoms with Gasteiger partial charge in [0.1, 0.15) is 23.8 Å². The van der Waals surface area contributed by atoms with Gasteiger partial charge in [0, 0.05) is 28.0 Å². The van der Waals surface area contributed by atoms with Gasteiger partial charge >= 0.3 is 0 Å². The zero-order valence-electron chi connectivity index (χ0n) is 19.7. The van der Waals surface area contributed by atoms with Crippen LogP contribution >= 0.6 is 35.0 Å². The zero-order valence-corrected chi connectivity index (χ0v) is 22.0. The van der Waals surface area contributed by atoms with E-state index in [1.54, 1.807) is 34.9 Å². The zero-order chi connectivity index (χ0) is 25.2. The van der Waals surface area contributed by atoms with E-state index < -0.39 is 29.9 Å². The number of halogens is 4. The van der Waals surface area contributed by atoms with Gasteiger partial charge < -0.3 is 9.64 Å². The molecule has 0 aliphatic carbocycles. The summed E-state index contributed by atoms with van der Waals surface area (Å²) in [6.07, 6.45) is 0.321. The van der Waals surface area contributed by atoms with Gasteiger partial charge in [-0.15, -0.1) is 6.58 Å². The number of carbonyl (C=O) groups excluding carboxylic acids is 1.